The van der Waals surface area contributed by atoms with Crippen LogP contribution >= 0.6 is 0 Å². The lowest BCUT2D eigenvalue weighted by molar-refractivity contribution is -0.139. The number of hydrogen-bond acceptors (Lipinski definition) is 3. The van der Waals surface area contributed by atoms with E-state index in [2.05, 4.69) is 5.32 Å². The molecular weight excluding hydrogens is 254 g/mol. The van der Waals surface area contributed by atoms with Crippen LogP contribution in [0.3, 0.4) is 0 Å². The number of nitrogens with zero attached hydrogens (tertiary/aromatic N) is 1. The van der Waals surface area contributed by atoms with Crippen LogP contribution in [-0.4, -0.2) is 35.3 Å². The molecule has 1 fully saturated rings. The average Bonchev–Trinajstić information content (AvgIpc) is 3.27. The summed E-state index contributed by atoms with van der Waals surface area (Å²) in [6.45, 7) is 0.756. The summed E-state index contributed by atoms with van der Waals surface area (Å²) in [5, 5.41) is 3.19. The van der Waals surface area contributed by atoms with Gasteiger partial charge in [0.2, 0.25) is 11.8 Å². The Morgan fingerprint density at radius 1 is 1.25 bits per heavy atom. The Morgan fingerprint density at radius 3 is 2.60 bits per heavy atom. The van der Waals surface area contributed by atoms with Gasteiger partial charge in [0, 0.05) is 19.0 Å². The van der Waals surface area contributed by atoms with Crippen molar-refractivity contribution in [1.82, 2.24) is 10.2 Å². The molecule has 2 amide bonds. The maximum atomic E-state index is 12.3. The van der Waals surface area contributed by atoms with Crippen molar-refractivity contribution in [2.75, 3.05) is 6.54 Å². The average molecular weight is 273 g/mol. The Hall–Kier alpha value is -1.88. The molecule has 1 aromatic carbocycles. The Morgan fingerprint density at radius 2 is 1.95 bits per heavy atom. The van der Waals surface area contributed by atoms with Gasteiger partial charge in [-0.25, -0.2) is 0 Å². The highest BCUT2D eigenvalue weighted by molar-refractivity contribution is 5.88. The van der Waals surface area contributed by atoms with Crippen molar-refractivity contribution in [2.24, 2.45) is 5.73 Å². The van der Waals surface area contributed by atoms with Gasteiger partial charge in [-0.1, -0.05) is 24.3 Å². The number of benzene rings is 1. The molecule has 0 bridgehead atoms. The second-order valence-electron chi connectivity index (χ2n) is 5.57. The third kappa shape index (κ3) is 2.67. The first-order valence-electron chi connectivity index (χ1n) is 7.04. The van der Waals surface area contributed by atoms with E-state index in [1.54, 1.807) is 4.90 Å². The molecule has 106 valence electrons. The van der Waals surface area contributed by atoms with Crippen molar-refractivity contribution >= 4 is 11.8 Å². The molecule has 3 N–H and O–H groups in total. The van der Waals surface area contributed by atoms with E-state index < -0.39 is 11.9 Å². The molecule has 1 heterocycles. The fourth-order valence-electron chi connectivity index (χ4n) is 2.66. The third-order valence-corrected chi connectivity index (χ3v) is 4.02. The SMILES string of the molecule is NC(=O)[C@@H]1Cc2ccccc2CN1C(=O)CNC1CC1. The first kappa shape index (κ1) is 13.1. The number of carbonyl (C=O) groups excluding carboxylic acids is 2. The van der Waals surface area contributed by atoms with Crippen molar-refractivity contribution < 1.29 is 9.59 Å². The number of nitrogens with one attached hydrogen (secondary N) is 1. The molecule has 1 saturated carbocycles. The zero-order valence-electron chi connectivity index (χ0n) is 11.3. The number of rotatable bonds is 4. The normalized spacial score (nSPS) is 21.4. The summed E-state index contributed by atoms with van der Waals surface area (Å²) in [5.41, 5.74) is 7.68. The molecule has 0 saturated heterocycles. The Balaban J connectivity index is 1.76. The summed E-state index contributed by atoms with van der Waals surface area (Å²) in [6, 6.07) is 7.84. The van der Waals surface area contributed by atoms with Gasteiger partial charge in [-0.05, 0) is 24.0 Å². The summed E-state index contributed by atoms with van der Waals surface area (Å²) in [4.78, 5) is 25.6. The monoisotopic (exact) mass is 273 g/mol. The lowest BCUT2D eigenvalue weighted by Crippen LogP contribution is -2.53. The minimum absolute atomic E-state index is 0.0461. The minimum atomic E-state index is -0.529. The molecule has 5 heteroatoms. The number of hydrogen-bond donors (Lipinski definition) is 2. The molecule has 3 rings (SSSR count). The molecule has 5 nitrogen and oxygen atoms in total. The molecule has 0 radical (unpaired) electrons. The summed E-state index contributed by atoms with van der Waals surface area (Å²) in [5.74, 6) is -0.477. The van der Waals surface area contributed by atoms with Crippen LogP contribution < -0.4 is 11.1 Å². The zero-order valence-corrected chi connectivity index (χ0v) is 11.3. The van der Waals surface area contributed by atoms with Gasteiger partial charge >= 0.3 is 0 Å². The van der Waals surface area contributed by atoms with E-state index in [-0.39, 0.29) is 12.5 Å². The van der Waals surface area contributed by atoms with Crippen LogP contribution in [-0.2, 0) is 22.6 Å². The van der Waals surface area contributed by atoms with Crippen molar-refractivity contribution in [3.05, 3.63) is 35.4 Å². The highest BCUT2D eigenvalue weighted by atomic mass is 16.2. The molecule has 1 aliphatic carbocycles. The predicted octanol–water partition coefficient (Wildman–Crippen LogP) is 0.177. The molecule has 20 heavy (non-hydrogen) atoms. The Bertz CT molecular complexity index is 540. The fourth-order valence-corrected chi connectivity index (χ4v) is 2.66. The molecule has 1 aromatic rings. The second kappa shape index (κ2) is 5.25. The van der Waals surface area contributed by atoms with Crippen molar-refractivity contribution in [3.63, 3.8) is 0 Å². The summed E-state index contributed by atoms with van der Waals surface area (Å²) < 4.78 is 0. The number of fused-ring (bicyclic) bond motifs is 1. The molecule has 1 aliphatic heterocycles. The molecule has 2 aliphatic rings. The first-order valence-corrected chi connectivity index (χ1v) is 7.04. The maximum Gasteiger partial charge on any atom is 0.240 e. The smallest absolute Gasteiger partial charge is 0.240 e. The number of primary amides is 1. The van der Waals surface area contributed by atoms with Crippen LogP contribution in [0.1, 0.15) is 24.0 Å². The molecule has 1 atom stereocenters. The van der Waals surface area contributed by atoms with E-state index in [1.165, 1.54) is 0 Å². The summed E-state index contributed by atoms with van der Waals surface area (Å²) in [7, 11) is 0. The van der Waals surface area contributed by atoms with E-state index in [0.717, 1.165) is 24.0 Å². The van der Waals surface area contributed by atoms with Gasteiger partial charge in [0.15, 0.2) is 0 Å². The van der Waals surface area contributed by atoms with Gasteiger partial charge in [0.1, 0.15) is 6.04 Å². The minimum Gasteiger partial charge on any atom is -0.368 e. The molecular formula is C15H19N3O2. The van der Waals surface area contributed by atoms with Crippen LogP contribution in [0, 0.1) is 0 Å². The number of nitrogens with two attached hydrogens (primary N) is 1. The fraction of sp³-hybridized carbons (Fsp3) is 0.467. The Kier molecular flexibility index (Phi) is 3.44. The molecule has 0 unspecified atom stereocenters. The van der Waals surface area contributed by atoms with Crippen molar-refractivity contribution in [3.8, 4) is 0 Å². The quantitative estimate of drug-likeness (QED) is 0.821. The predicted molar refractivity (Wildman–Crippen MR) is 74.7 cm³/mol. The van der Waals surface area contributed by atoms with Gasteiger partial charge in [-0.3, -0.25) is 9.59 Å². The van der Waals surface area contributed by atoms with E-state index in [4.69, 9.17) is 5.73 Å². The van der Waals surface area contributed by atoms with Crippen LogP contribution in [0.2, 0.25) is 0 Å². The van der Waals surface area contributed by atoms with E-state index in [1.807, 2.05) is 24.3 Å². The molecule has 0 aromatic heterocycles. The lowest BCUT2D eigenvalue weighted by Gasteiger charge is -2.35. The lowest BCUT2D eigenvalue weighted by atomic mass is 9.93. The van der Waals surface area contributed by atoms with Gasteiger partial charge in [-0.15, -0.1) is 0 Å². The standard InChI is InChI=1S/C15H19N3O2/c16-15(20)13-7-10-3-1-2-4-11(10)9-18(13)14(19)8-17-12-5-6-12/h1-4,12-13,17H,5-9H2,(H2,16,20)/t13-/m0/s1. The highest BCUT2D eigenvalue weighted by Gasteiger charge is 2.33. The summed E-state index contributed by atoms with van der Waals surface area (Å²) >= 11 is 0. The molecule has 0 spiro atoms. The van der Waals surface area contributed by atoms with Crippen LogP contribution in [0.25, 0.3) is 0 Å². The number of amides is 2. The largest absolute Gasteiger partial charge is 0.368 e. The van der Waals surface area contributed by atoms with Gasteiger partial charge in [-0.2, -0.15) is 0 Å². The third-order valence-electron chi connectivity index (χ3n) is 4.02. The van der Waals surface area contributed by atoms with Crippen molar-refractivity contribution in [1.29, 1.82) is 0 Å². The van der Waals surface area contributed by atoms with Gasteiger partial charge < -0.3 is 16.0 Å². The van der Waals surface area contributed by atoms with Crippen LogP contribution in [0.4, 0.5) is 0 Å². The summed E-state index contributed by atoms with van der Waals surface area (Å²) in [6.07, 6.45) is 2.78. The van der Waals surface area contributed by atoms with Crippen molar-refractivity contribution in [2.45, 2.75) is 37.9 Å². The van der Waals surface area contributed by atoms with Gasteiger partial charge in [0.25, 0.3) is 0 Å². The first-order chi connectivity index (χ1) is 9.65. The van der Waals surface area contributed by atoms with E-state index in [9.17, 15) is 9.59 Å². The maximum absolute atomic E-state index is 12.3. The Labute approximate surface area is 118 Å². The topological polar surface area (TPSA) is 75.4 Å². The van der Waals surface area contributed by atoms with E-state index in [0.29, 0.717) is 19.0 Å². The zero-order chi connectivity index (χ0) is 14.1. The van der Waals surface area contributed by atoms with Crippen LogP contribution in [0.15, 0.2) is 24.3 Å². The highest BCUT2D eigenvalue weighted by Crippen LogP contribution is 2.23. The van der Waals surface area contributed by atoms with Gasteiger partial charge in [0.05, 0.1) is 6.54 Å². The van der Waals surface area contributed by atoms with Crippen LogP contribution in [0.5, 0.6) is 0 Å². The van der Waals surface area contributed by atoms with E-state index >= 15 is 0 Å². The number of carbonyl (C=O) groups is 2. The second-order valence-corrected chi connectivity index (χ2v) is 5.57.